The molecule has 2 N–H and O–H groups in total. The minimum absolute atomic E-state index is 0.0382. The van der Waals surface area contributed by atoms with E-state index in [-0.39, 0.29) is 36.3 Å². The number of anilines is 1. The minimum atomic E-state index is -3.01. The average molecular weight is 506 g/mol. The molecular formula is C22H27N5O7S. The second kappa shape index (κ2) is 8.41. The predicted molar refractivity (Wildman–Crippen MR) is 120 cm³/mol. The van der Waals surface area contributed by atoms with Gasteiger partial charge in [-0.15, -0.1) is 0 Å². The summed E-state index contributed by atoms with van der Waals surface area (Å²) >= 11 is 0. The Morgan fingerprint density at radius 2 is 2.03 bits per heavy atom. The van der Waals surface area contributed by atoms with Gasteiger partial charge in [0.25, 0.3) is 0 Å². The van der Waals surface area contributed by atoms with Gasteiger partial charge in [-0.3, -0.25) is 4.79 Å². The maximum atomic E-state index is 12.5. The molecule has 2 aromatic heterocycles. The van der Waals surface area contributed by atoms with Crippen molar-refractivity contribution >= 4 is 27.1 Å². The summed E-state index contributed by atoms with van der Waals surface area (Å²) in [6.07, 6.45) is 0.0264. The number of carbonyl (C=O) groups is 1. The molecule has 0 radical (unpaired) electrons. The van der Waals surface area contributed by atoms with Crippen molar-refractivity contribution in [1.82, 2.24) is 14.6 Å². The van der Waals surface area contributed by atoms with E-state index in [4.69, 9.17) is 24.7 Å². The number of ether oxygens (including phenoxy) is 4. The molecule has 0 bridgehead atoms. The molecule has 5 rings (SSSR count). The first-order valence-electron chi connectivity index (χ1n) is 11.4. The number of hydrogen-bond donors (Lipinski definition) is 1. The standard InChI is InChI=1S/C22H27N5O7S/c1-21(2)33-18-15(10-31-17(28)9-13-5-7-35(29,30)8-6-13)32-22(11-23,19(18)34-21)16-4-3-14-20(24)25-12-26-27(14)16/h3-4,12-13,15,18-19H,5-10H2,1-2H3,(H2,24,25,26)/t15-,18-,19-,22+/m1/s1. The van der Waals surface area contributed by atoms with Gasteiger partial charge in [0.15, 0.2) is 11.6 Å². The third-order valence-corrected chi connectivity index (χ3v) is 8.52. The first kappa shape index (κ1) is 23.9. The average Bonchev–Trinajstić information content (AvgIpc) is 3.45. The number of hydrogen-bond acceptors (Lipinski definition) is 11. The van der Waals surface area contributed by atoms with E-state index in [2.05, 4.69) is 16.2 Å². The molecule has 0 aliphatic carbocycles. The summed E-state index contributed by atoms with van der Waals surface area (Å²) in [7, 11) is -3.01. The fourth-order valence-corrected chi connectivity index (χ4v) is 6.67. The van der Waals surface area contributed by atoms with Gasteiger partial charge in [-0.2, -0.15) is 10.4 Å². The van der Waals surface area contributed by atoms with E-state index < -0.39 is 45.5 Å². The molecule has 2 aromatic rings. The number of fused-ring (bicyclic) bond motifs is 2. The first-order valence-corrected chi connectivity index (χ1v) is 13.3. The highest BCUT2D eigenvalue weighted by molar-refractivity contribution is 7.91. The summed E-state index contributed by atoms with van der Waals surface area (Å²) in [4.78, 5) is 16.5. The zero-order valence-corrected chi connectivity index (χ0v) is 20.2. The van der Waals surface area contributed by atoms with Crippen LogP contribution in [0, 0.1) is 17.2 Å². The van der Waals surface area contributed by atoms with Crippen molar-refractivity contribution in [3.63, 3.8) is 0 Å². The summed E-state index contributed by atoms with van der Waals surface area (Å²) < 4.78 is 48.6. The molecule has 3 saturated heterocycles. The largest absolute Gasteiger partial charge is 0.463 e. The van der Waals surface area contributed by atoms with Crippen LogP contribution in [0.1, 0.15) is 38.8 Å². The highest BCUT2D eigenvalue weighted by Gasteiger charge is 2.65. The Bertz CT molecular complexity index is 1290. The lowest BCUT2D eigenvalue weighted by Gasteiger charge is -2.29. The maximum Gasteiger partial charge on any atom is 0.306 e. The number of nitrogen functional groups attached to an aromatic ring is 1. The minimum Gasteiger partial charge on any atom is -0.463 e. The van der Waals surface area contributed by atoms with Gasteiger partial charge < -0.3 is 24.7 Å². The fraction of sp³-hybridized carbons (Fsp3) is 0.636. The molecule has 3 aliphatic rings. The Morgan fingerprint density at radius 3 is 2.74 bits per heavy atom. The third kappa shape index (κ3) is 4.24. The van der Waals surface area contributed by atoms with Crippen molar-refractivity contribution in [3.8, 4) is 6.07 Å². The van der Waals surface area contributed by atoms with E-state index in [1.807, 2.05) is 0 Å². The maximum absolute atomic E-state index is 12.5. The van der Waals surface area contributed by atoms with Gasteiger partial charge in [0.2, 0.25) is 5.60 Å². The van der Waals surface area contributed by atoms with E-state index in [0.29, 0.717) is 24.1 Å². The smallest absolute Gasteiger partial charge is 0.306 e. The third-order valence-electron chi connectivity index (χ3n) is 6.80. The molecule has 12 nitrogen and oxygen atoms in total. The molecule has 0 saturated carbocycles. The van der Waals surface area contributed by atoms with Crippen molar-refractivity contribution in [1.29, 1.82) is 5.26 Å². The highest BCUT2D eigenvalue weighted by atomic mass is 32.2. The lowest BCUT2D eigenvalue weighted by molar-refractivity contribution is -0.207. The van der Waals surface area contributed by atoms with E-state index in [1.165, 1.54) is 10.8 Å². The Morgan fingerprint density at radius 1 is 1.29 bits per heavy atom. The zero-order chi connectivity index (χ0) is 25.0. The van der Waals surface area contributed by atoms with Crippen LogP contribution >= 0.6 is 0 Å². The highest BCUT2D eigenvalue weighted by Crippen LogP contribution is 2.49. The lowest BCUT2D eigenvalue weighted by Crippen LogP contribution is -2.40. The summed E-state index contributed by atoms with van der Waals surface area (Å²) in [5.41, 5.74) is 5.28. The summed E-state index contributed by atoms with van der Waals surface area (Å²) in [6.45, 7) is 3.34. The molecule has 0 aromatic carbocycles. The van der Waals surface area contributed by atoms with Crippen LogP contribution in [-0.2, 0) is 39.2 Å². The van der Waals surface area contributed by atoms with Crippen LogP contribution in [0.5, 0.6) is 0 Å². The van der Waals surface area contributed by atoms with Crippen molar-refractivity contribution in [3.05, 3.63) is 24.2 Å². The summed E-state index contributed by atoms with van der Waals surface area (Å²) in [5, 5.41) is 14.6. The lowest BCUT2D eigenvalue weighted by atomic mass is 9.92. The van der Waals surface area contributed by atoms with Gasteiger partial charge in [0.1, 0.15) is 52.7 Å². The molecule has 0 unspecified atom stereocenters. The number of nitrogens with zero attached hydrogens (tertiary/aromatic N) is 4. The Hall–Kier alpha value is -2.79. The molecule has 0 amide bonds. The molecule has 0 spiro atoms. The second-order valence-electron chi connectivity index (χ2n) is 9.67. The van der Waals surface area contributed by atoms with Crippen LogP contribution < -0.4 is 5.73 Å². The van der Waals surface area contributed by atoms with Crippen LogP contribution in [0.2, 0.25) is 0 Å². The number of sulfone groups is 1. The Labute approximate surface area is 202 Å². The van der Waals surface area contributed by atoms with Gasteiger partial charge >= 0.3 is 5.97 Å². The molecule has 35 heavy (non-hydrogen) atoms. The first-order chi connectivity index (χ1) is 16.5. The number of aromatic nitrogens is 3. The Kier molecular flexibility index (Phi) is 5.75. The summed E-state index contributed by atoms with van der Waals surface area (Å²) in [5.74, 6) is -1.05. The molecule has 3 aliphatic heterocycles. The van der Waals surface area contributed by atoms with Crippen LogP contribution in [-0.4, -0.2) is 71.2 Å². The second-order valence-corrected chi connectivity index (χ2v) is 12.0. The van der Waals surface area contributed by atoms with Gasteiger partial charge in [-0.25, -0.2) is 17.9 Å². The number of rotatable bonds is 5. The normalized spacial score (nSPS) is 31.7. The monoisotopic (exact) mass is 505 g/mol. The van der Waals surface area contributed by atoms with Crippen molar-refractivity contribution in [2.45, 2.75) is 62.8 Å². The topological polar surface area (TPSA) is 168 Å². The SMILES string of the molecule is CC1(C)O[C@H]2[C@@H](O1)[C@](C#N)(c1ccc3c(N)ncnn13)O[C@@H]2COC(=O)CC1CCS(=O)(=O)CC1. The van der Waals surface area contributed by atoms with Crippen LogP contribution in [0.4, 0.5) is 5.82 Å². The fourth-order valence-electron chi connectivity index (χ4n) is 5.08. The van der Waals surface area contributed by atoms with E-state index >= 15 is 0 Å². The molecule has 4 atom stereocenters. The van der Waals surface area contributed by atoms with Gasteiger partial charge in [-0.1, -0.05) is 0 Å². The molecular weight excluding hydrogens is 478 g/mol. The van der Waals surface area contributed by atoms with Crippen molar-refractivity contribution in [2.24, 2.45) is 5.92 Å². The number of nitriles is 1. The predicted octanol–water partition coefficient (Wildman–Crippen LogP) is 0.707. The van der Waals surface area contributed by atoms with E-state index in [1.54, 1.807) is 26.0 Å². The molecule has 3 fully saturated rings. The van der Waals surface area contributed by atoms with Crippen LogP contribution in [0.25, 0.3) is 5.52 Å². The van der Waals surface area contributed by atoms with Gasteiger partial charge in [0.05, 0.1) is 17.2 Å². The van der Waals surface area contributed by atoms with Gasteiger partial charge in [-0.05, 0) is 44.7 Å². The van der Waals surface area contributed by atoms with Crippen molar-refractivity contribution < 1.29 is 32.2 Å². The van der Waals surface area contributed by atoms with Crippen LogP contribution in [0.3, 0.4) is 0 Å². The van der Waals surface area contributed by atoms with Crippen LogP contribution in [0.15, 0.2) is 18.5 Å². The zero-order valence-electron chi connectivity index (χ0n) is 19.4. The quantitative estimate of drug-likeness (QED) is 0.568. The Balaban J connectivity index is 1.35. The van der Waals surface area contributed by atoms with E-state index in [9.17, 15) is 18.5 Å². The molecule has 188 valence electrons. The number of esters is 1. The number of carbonyl (C=O) groups excluding carboxylic acids is 1. The van der Waals surface area contributed by atoms with E-state index in [0.717, 1.165) is 0 Å². The molecule has 13 heteroatoms. The van der Waals surface area contributed by atoms with Crippen molar-refractivity contribution in [2.75, 3.05) is 23.8 Å². The number of nitrogens with two attached hydrogens (primary N) is 1. The summed E-state index contributed by atoms with van der Waals surface area (Å²) in [6, 6.07) is 5.62. The van der Waals surface area contributed by atoms with Gasteiger partial charge in [0, 0.05) is 6.42 Å². The molecule has 5 heterocycles.